The van der Waals surface area contributed by atoms with E-state index in [0.29, 0.717) is 16.9 Å². The molecule has 146 valence electrons. The van der Waals surface area contributed by atoms with Crippen LogP contribution >= 0.6 is 0 Å². The minimum atomic E-state index is -4.40. The van der Waals surface area contributed by atoms with Crippen LogP contribution in [0.1, 0.15) is 28.9 Å². The van der Waals surface area contributed by atoms with Gasteiger partial charge in [0.25, 0.3) is 0 Å². The Morgan fingerprint density at radius 1 is 1.21 bits per heavy atom. The standard InChI is InChI=1S/C18H16F3N5O2/c1-10-7-22-17(24-14-8-23-26(9-14)11(2)18(19,20)21)25-15(10)12-3-5-13(6-4-12)16(27)28/h3-9,11H,1-2H3,(H,27,28)(H,22,24,25)/t11-/m0/s1. The van der Waals surface area contributed by atoms with E-state index in [1.54, 1.807) is 25.3 Å². The highest BCUT2D eigenvalue weighted by molar-refractivity contribution is 5.88. The average molecular weight is 391 g/mol. The number of nitrogens with zero attached hydrogens (tertiary/aromatic N) is 4. The van der Waals surface area contributed by atoms with E-state index in [1.165, 1.54) is 24.5 Å². The number of aromatic nitrogens is 4. The Morgan fingerprint density at radius 3 is 2.50 bits per heavy atom. The summed E-state index contributed by atoms with van der Waals surface area (Å²) >= 11 is 0. The molecule has 0 unspecified atom stereocenters. The van der Waals surface area contributed by atoms with Crippen LogP contribution in [-0.4, -0.2) is 37.0 Å². The second-order valence-electron chi connectivity index (χ2n) is 6.16. The smallest absolute Gasteiger partial charge is 0.410 e. The molecule has 1 atom stereocenters. The van der Waals surface area contributed by atoms with E-state index in [-0.39, 0.29) is 11.5 Å². The Balaban J connectivity index is 1.84. The molecule has 0 saturated carbocycles. The first-order chi connectivity index (χ1) is 13.1. The van der Waals surface area contributed by atoms with Crippen molar-refractivity contribution >= 4 is 17.6 Å². The van der Waals surface area contributed by atoms with Crippen molar-refractivity contribution in [2.45, 2.75) is 26.1 Å². The van der Waals surface area contributed by atoms with Gasteiger partial charge in [-0.15, -0.1) is 0 Å². The molecule has 0 aliphatic rings. The van der Waals surface area contributed by atoms with Gasteiger partial charge >= 0.3 is 12.1 Å². The van der Waals surface area contributed by atoms with Gasteiger partial charge in [0.15, 0.2) is 0 Å². The van der Waals surface area contributed by atoms with Crippen molar-refractivity contribution in [3.63, 3.8) is 0 Å². The van der Waals surface area contributed by atoms with Gasteiger partial charge in [-0.2, -0.15) is 18.3 Å². The van der Waals surface area contributed by atoms with Gasteiger partial charge in [0.1, 0.15) is 6.04 Å². The molecule has 0 saturated heterocycles. The SMILES string of the molecule is Cc1cnc(Nc2cnn([C@@H](C)C(F)(F)F)c2)nc1-c1ccc(C(=O)O)cc1. The van der Waals surface area contributed by atoms with Gasteiger partial charge in [-0.25, -0.2) is 14.8 Å². The lowest BCUT2D eigenvalue weighted by Crippen LogP contribution is -2.23. The molecule has 2 aromatic heterocycles. The number of halogens is 3. The quantitative estimate of drug-likeness (QED) is 0.677. The van der Waals surface area contributed by atoms with Crippen LogP contribution in [0, 0.1) is 6.92 Å². The molecule has 3 rings (SSSR count). The molecule has 0 bridgehead atoms. The van der Waals surface area contributed by atoms with Crippen LogP contribution in [0.25, 0.3) is 11.3 Å². The van der Waals surface area contributed by atoms with E-state index in [2.05, 4.69) is 20.4 Å². The van der Waals surface area contributed by atoms with Crippen LogP contribution in [0.5, 0.6) is 0 Å². The molecular formula is C18H16F3N5O2. The van der Waals surface area contributed by atoms with Crippen molar-refractivity contribution in [3.05, 3.63) is 54.0 Å². The Kier molecular flexibility index (Phi) is 5.04. The highest BCUT2D eigenvalue weighted by Crippen LogP contribution is 2.30. The van der Waals surface area contributed by atoms with Gasteiger partial charge in [0, 0.05) is 18.0 Å². The monoisotopic (exact) mass is 391 g/mol. The number of nitrogens with one attached hydrogen (secondary N) is 1. The minimum absolute atomic E-state index is 0.153. The fourth-order valence-electron chi connectivity index (χ4n) is 2.46. The number of aromatic carboxylic acids is 1. The Bertz CT molecular complexity index is 999. The lowest BCUT2D eigenvalue weighted by Gasteiger charge is -2.15. The molecule has 0 aliphatic heterocycles. The van der Waals surface area contributed by atoms with Crippen molar-refractivity contribution in [1.82, 2.24) is 19.7 Å². The Morgan fingerprint density at radius 2 is 1.89 bits per heavy atom. The molecule has 0 radical (unpaired) electrons. The zero-order chi connectivity index (χ0) is 20.5. The number of hydrogen-bond donors (Lipinski definition) is 2. The number of alkyl halides is 3. The van der Waals surface area contributed by atoms with Crippen molar-refractivity contribution < 1.29 is 23.1 Å². The maximum Gasteiger partial charge on any atom is 0.410 e. The van der Waals surface area contributed by atoms with Crippen molar-refractivity contribution in [3.8, 4) is 11.3 Å². The molecule has 2 N–H and O–H groups in total. The number of anilines is 2. The zero-order valence-electron chi connectivity index (χ0n) is 14.9. The molecule has 1 aromatic carbocycles. The van der Waals surface area contributed by atoms with Crippen molar-refractivity contribution in [2.75, 3.05) is 5.32 Å². The average Bonchev–Trinajstić information content (AvgIpc) is 3.10. The molecule has 0 aliphatic carbocycles. The number of benzene rings is 1. The topological polar surface area (TPSA) is 92.9 Å². The van der Waals surface area contributed by atoms with E-state index in [4.69, 9.17) is 5.11 Å². The van der Waals surface area contributed by atoms with Gasteiger partial charge in [-0.05, 0) is 31.5 Å². The maximum atomic E-state index is 12.8. The summed E-state index contributed by atoms with van der Waals surface area (Å²) in [5.41, 5.74) is 2.49. The summed E-state index contributed by atoms with van der Waals surface area (Å²) in [6.07, 6.45) is -0.354. The Hall–Kier alpha value is -3.43. The lowest BCUT2D eigenvalue weighted by molar-refractivity contribution is -0.165. The second kappa shape index (κ2) is 7.29. The first kappa shape index (κ1) is 19.3. The highest BCUT2D eigenvalue weighted by Gasteiger charge is 2.37. The summed E-state index contributed by atoms with van der Waals surface area (Å²) in [4.78, 5) is 19.5. The molecule has 3 aromatic rings. The number of rotatable bonds is 5. The highest BCUT2D eigenvalue weighted by atomic mass is 19.4. The van der Waals surface area contributed by atoms with Gasteiger partial charge in [-0.3, -0.25) is 4.68 Å². The molecular weight excluding hydrogens is 375 g/mol. The van der Waals surface area contributed by atoms with Crippen molar-refractivity contribution in [1.29, 1.82) is 0 Å². The normalized spacial score (nSPS) is 12.6. The summed E-state index contributed by atoms with van der Waals surface area (Å²) in [5, 5.41) is 15.5. The largest absolute Gasteiger partial charge is 0.478 e. The molecule has 0 fully saturated rings. The summed E-state index contributed by atoms with van der Waals surface area (Å²) in [6.45, 7) is 2.81. The number of hydrogen-bond acceptors (Lipinski definition) is 5. The van der Waals surface area contributed by atoms with Crippen LogP contribution in [0.3, 0.4) is 0 Å². The van der Waals surface area contributed by atoms with Crippen LogP contribution in [0.15, 0.2) is 42.9 Å². The number of carboxylic acid groups (broad SMARTS) is 1. The van der Waals surface area contributed by atoms with Gasteiger partial charge < -0.3 is 10.4 Å². The number of carboxylic acids is 1. The third-order valence-corrected chi connectivity index (χ3v) is 4.11. The summed E-state index contributed by atoms with van der Waals surface area (Å²) in [7, 11) is 0. The predicted octanol–water partition coefficient (Wildman–Crippen LogP) is 4.21. The number of carbonyl (C=O) groups is 1. The van der Waals surface area contributed by atoms with Gasteiger partial charge in [-0.1, -0.05) is 12.1 Å². The third-order valence-electron chi connectivity index (χ3n) is 4.11. The predicted molar refractivity (Wildman–Crippen MR) is 95.4 cm³/mol. The van der Waals surface area contributed by atoms with E-state index in [1.807, 2.05) is 0 Å². The second-order valence-corrected chi connectivity index (χ2v) is 6.16. The zero-order valence-corrected chi connectivity index (χ0v) is 14.9. The van der Waals surface area contributed by atoms with Crippen LogP contribution < -0.4 is 5.32 Å². The Labute approximate surface area is 157 Å². The fraction of sp³-hybridized carbons (Fsp3) is 0.222. The molecule has 0 spiro atoms. The molecule has 7 nitrogen and oxygen atoms in total. The van der Waals surface area contributed by atoms with Crippen LogP contribution in [-0.2, 0) is 0 Å². The summed E-state index contributed by atoms with van der Waals surface area (Å²) in [6, 6.07) is 4.44. The minimum Gasteiger partial charge on any atom is -0.478 e. The number of aryl methyl sites for hydroxylation is 1. The van der Waals surface area contributed by atoms with E-state index >= 15 is 0 Å². The lowest BCUT2D eigenvalue weighted by atomic mass is 10.1. The van der Waals surface area contributed by atoms with E-state index in [9.17, 15) is 18.0 Å². The van der Waals surface area contributed by atoms with Crippen molar-refractivity contribution in [2.24, 2.45) is 0 Å². The molecule has 2 heterocycles. The molecule has 0 amide bonds. The van der Waals surface area contributed by atoms with Crippen LogP contribution in [0.4, 0.5) is 24.8 Å². The third kappa shape index (κ3) is 4.11. The first-order valence-corrected chi connectivity index (χ1v) is 8.20. The fourth-order valence-corrected chi connectivity index (χ4v) is 2.46. The first-order valence-electron chi connectivity index (χ1n) is 8.20. The van der Waals surface area contributed by atoms with E-state index < -0.39 is 18.2 Å². The van der Waals surface area contributed by atoms with E-state index in [0.717, 1.165) is 17.2 Å². The molecule has 28 heavy (non-hydrogen) atoms. The van der Waals surface area contributed by atoms with Gasteiger partial charge in [0.2, 0.25) is 5.95 Å². The summed E-state index contributed by atoms with van der Waals surface area (Å²) in [5.74, 6) is -0.847. The van der Waals surface area contributed by atoms with Crippen LogP contribution in [0.2, 0.25) is 0 Å². The maximum absolute atomic E-state index is 12.8. The summed E-state index contributed by atoms with van der Waals surface area (Å²) < 4.78 is 39.2. The van der Waals surface area contributed by atoms with Gasteiger partial charge in [0.05, 0.1) is 23.1 Å². The molecule has 10 heteroatoms.